The van der Waals surface area contributed by atoms with Gasteiger partial charge in [-0.3, -0.25) is 4.79 Å². The van der Waals surface area contributed by atoms with Crippen molar-refractivity contribution in [2.24, 2.45) is 0 Å². The Morgan fingerprint density at radius 2 is 2.27 bits per heavy atom. The van der Waals surface area contributed by atoms with Gasteiger partial charge in [0, 0.05) is 25.4 Å². The molecule has 22 heavy (non-hydrogen) atoms. The predicted octanol–water partition coefficient (Wildman–Crippen LogP) is 1.03. The largest absolute Gasteiger partial charge is 0.496 e. The Kier molecular flexibility index (Phi) is 5.41. The molecule has 1 fully saturated rings. The number of carbonyl (C=O) groups excluding carboxylic acids is 1. The lowest BCUT2D eigenvalue weighted by Gasteiger charge is -2.31. The molecular weight excluding hydrogens is 282 g/mol. The van der Waals surface area contributed by atoms with Crippen LogP contribution in [-0.2, 0) is 4.74 Å². The normalized spacial score (nSPS) is 21.2. The Morgan fingerprint density at radius 1 is 1.50 bits per heavy atom. The van der Waals surface area contributed by atoms with Crippen LogP contribution in [0.5, 0.6) is 5.75 Å². The third-order valence-corrected chi connectivity index (χ3v) is 3.92. The van der Waals surface area contributed by atoms with Gasteiger partial charge in [-0.1, -0.05) is 12.7 Å². The van der Waals surface area contributed by atoms with Crippen molar-refractivity contribution in [3.63, 3.8) is 0 Å². The van der Waals surface area contributed by atoms with E-state index in [2.05, 4.69) is 17.2 Å². The van der Waals surface area contributed by atoms with E-state index in [0.717, 1.165) is 19.5 Å². The van der Waals surface area contributed by atoms with Gasteiger partial charge in [0.15, 0.2) is 0 Å². The Hall–Kier alpha value is -2.05. The van der Waals surface area contributed by atoms with Crippen LogP contribution in [0.2, 0.25) is 0 Å². The number of nitrogens with two attached hydrogens (primary N) is 1. The summed E-state index contributed by atoms with van der Waals surface area (Å²) >= 11 is 0. The second kappa shape index (κ2) is 7.29. The first-order valence-electron chi connectivity index (χ1n) is 7.25. The van der Waals surface area contributed by atoms with Crippen LogP contribution in [0.25, 0.3) is 6.08 Å². The smallest absolute Gasteiger partial charge is 0.255 e. The number of piperidine rings is 1. The standard InChI is InChI=1S/C16H23N3O3/c1-4-10-7-11(14(21-2)8-12(10)17)16(20)19-13-5-6-18-9-15(13)22-3/h4,7-8,13,15,18H,1,5-6,9,17H2,2-3H3,(H,19,20). The lowest BCUT2D eigenvalue weighted by Crippen LogP contribution is -2.53. The molecule has 0 saturated carbocycles. The molecule has 6 heteroatoms. The summed E-state index contributed by atoms with van der Waals surface area (Å²) in [6.45, 7) is 5.28. The van der Waals surface area contributed by atoms with Crippen molar-refractivity contribution in [3.05, 3.63) is 29.8 Å². The second-order valence-corrected chi connectivity index (χ2v) is 5.23. The van der Waals surface area contributed by atoms with Gasteiger partial charge in [0.25, 0.3) is 5.91 Å². The highest BCUT2D eigenvalue weighted by Crippen LogP contribution is 2.26. The number of ether oxygens (including phenoxy) is 2. The minimum absolute atomic E-state index is 0.0341. The van der Waals surface area contributed by atoms with Gasteiger partial charge >= 0.3 is 0 Å². The maximum atomic E-state index is 12.6. The molecule has 1 aliphatic rings. The van der Waals surface area contributed by atoms with E-state index in [0.29, 0.717) is 22.6 Å². The molecular formula is C16H23N3O3. The van der Waals surface area contributed by atoms with Crippen LogP contribution >= 0.6 is 0 Å². The Bertz CT molecular complexity index is 560. The molecule has 120 valence electrons. The molecule has 1 heterocycles. The fourth-order valence-corrected chi connectivity index (χ4v) is 2.62. The quantitative estimate of drug-likeness (QED) is 0.707. The number of amides is 1. The average molecular weight is 305 g/mol. The van der Waals surface area contributed by atoms with Crippen LogP contribution in [0.15, 0.2) is 18.7 Å². The summed E-state index contributed by atoms with van der Waals surface area (Å²) in [4.78, 5) is 12.6. The minimum Gasteiger partial charge on any atom is -0.496 e. The third kappa shape index (κ3) is 3.40. The highest BCUT2D eigenvalue weighted by molar-refractivity contribution is 5.98. The molecule has 2 atom stereocenters. The van der Waals surface area contributed by atoms with Crippen molar-refractivity contribution in [1.82, 2.24) is 10.6 Å². The summed E-state index contributed by atoms with van der Waals surface area (Å²) in [7, 11) is 3.16. The van der Waals surface area contributed by atoms with E-state index < -0.39 is 0 Å². The van der Waals surface area contributed by atoms with Crippen LogP contribution in [0.3, 0.4) is 0 Å². The summed E-state index contributed by atoms with van der Waals surface area (Å²) in [5.74, 6) is 0.248. The van der Waals surface area contributed by atoms with Crippen molar-refractivity contribution in [2.45, 2.75) is 18.6 Å². The summed E-state index contributed by atoms with van der Waals surface area (Å²) in [6.07, 6.45) is 2.39. The van der Waals surface area contributed by atoms with Crippen LogP contribution in [0, 0.1) is 0 Å². The number of rotatable bonds is 5. The molecule has 1 amide bonds. The zero-order valence-electron chi connectivity index (χ0n) is 13.0. The van der Waals surface area contributed by atoms with Gasteiger partial charge < -0.3 is 25.8 Å². The van der Waals surface area contributed by atoms with Crippen LogP contribution in [-0.4, -0.2) is 45.4 Å². The summed E-state index contributed by atoms with van der Waals surface area (Å²) in [5, 5.41) is 6.27. The Morgan fingerprint density at radius 3 is 2.91 bits per heavy atom. The monoisotopic (exact) mass is 305 g/mol. The van der Waals surface area contributed by atoms with Gasteiger partial charge in [-0.15, -0.1) is 0 Å². The van der Waals surface area contributed by atoms with Crippen molar-refractivity contribution < 1.29 is 14.3 Å². The summed E-state index contributed by atoms with van der Waals surface area (Å²) < 4.78 is 10.7. The van der Waals surface area contributed by atoms with E-state index >= 15 is 0 Å². The first kappa shape index (κ1) is 16.3. The fourth-order valence-electron chi connectivity index (χ4n) is 2.62. The molecule has 0 spiro atoms. The van der Waals surface area contributed by atoms with Crippen molar-refractivity contribution in [3.8, 4) is 5.75 Å². The van der Waals surface area contributed by atoms with Crippen molar-refractivity contribution in [1.29, 1.82) is 0 Å². The molecule has 4 N–H and O–H groups in total. The molecule has 2 unspecified atom stereocenters. The second-order valence-electron chi connectivity index (χ2n) is 5.23. The number of nitrogens with one attached hydrogen (secondary N) is 2. The third-order valence-electron chi connectivity index (χ3n) is 3.92. The van der Waals surface area contributed by atoms with Crippen molar-refractivity contribution >= 4 is 17.7 Å². The molecule has 1 saturated heterocycles. The molecule has 1 aromatic carbocycles. The topological polar surface area (TPSA) is 85.6 Å². The van der Waals surface area contributed by atoms with Crippen LogP contribution < -0.4 is 21.1 Å². The van der Waals surface area contributed by atoms with Gasteiger partial charge in [0.2, 0.25) is 0 Å². The van der Waals surface area contributed by atoms with E-state index in [1.54, 1.807) is 25.3 Å². The summed E-state index contributed by atoms with van der Waals surface area (Å²) in [5.41, 5.74) is 7.57. The number of anilines is 1. The van der Waals surface area contributed by atoms with E-state index in [4.69, 9.17) is 15.2 Å². The maximum Gasteiger partial charge on any atom is 0.255 e. The fraction of sp³-hybridized carbons (Fsp3) is 0.438. The number of hydrogen-bond donors (Lipinski definition) is 3. The molecule has 0 aromatic heterocycles. The van der Waals surface area contributed by atoms with Crippen molar-refractivity contribution in [2.75, 3.05) is 33.0 Å². The number of hydrogen-bond acceptors (Lipinski definition) is 5. The Labute approximate surface area is 130 Å². The van der Waals surface area contributed by atoms with Crippen LogP contribution in [0.1, 0.15) is 22.3 Å². The summed E-state index contributed by atoms with van der Waals surface area (Å²) in [6, 6.07) is 3.30. The number of nitrogen functional groups attached to an aromatic ring is 1. The zero-order chi connectivity index (χ0) is 16.1. The molecule has 0 bridgehead atoms. The van der Waals surface area contributed by atoms with E-state index in [1.807, 2.05) is 0 Å². The van der Waals surface area contributed by atoms with Gasteiger partial charge in [0.05, 0.1) is 24.8 Å². The minimum atomic E-state index is -0.200. The molecule has 1 aromatic rings. The Balaban J connectivity index is 2.23. The average Bonchev–Trinajstić information content (AvgIpc) is 2.54. The van der Waals surface area contributed by atoms with E-state index in [9.17, 15) is 4.79 Å². The SMILES string of the molecule is C=Cc1cc(C(=O)NC2CCNCC2OC)c(OC)cc1N. The molecule has 0 aliphatic carbocycles. The molecule has 6 nitrogen and oxygen atoms in total. The lowest BCUT2D eigenvalue weighted by atomic mass is 10.0. The predicted molar refractivity (Wildman–Crippen MR) is 87.0 cm³/mol. The zero-order valence-corrected chi connectivity index (χ0v) is 13.0. The van der Waals surface area contributed by atoms with E-state index in [1.165, 1.54) is 7.11 Å². The molecule has 0 radical (unpaired) electrons. The van der Waals surface area contributed by atoms with Gasteiger partial charge in [-0.05, 0) is 24.6 Å². The van der Waals surface area contributed by atoms with Crippen LogP contribution in [0.4, 0.5) is 5.69 Å². The first-order valence-corrected chi connectivity index (χ1v) is 7.25. The number of benzene rings is 1. The lowest BCUT2D eigenvalue weighted by molar-refractivity contribution is 0.0476. The maximum absolute atomic E-state index is 12.6. The van der Waals surface area contributed by atoms with Gasteiger partial charge in [-0.2, -0.15) is 0 Å². The van der Waals surface area contributed by atoms with Gasteiger partial charge in [0.1, 0.15) is 5.75 Å². The number of carbonyl (C=O) groups is 1. The number of methoxy groups -OCH3 is 2. The molecule has 1 aliphatic heterocycles. The molecule has 2 rings (SSSR count). The highest BCUT2D eigenvalue weighted by Gasteiger charge is 2.27. The highest BCUT2D eigenvalue weighted by atomic mass is 16.5. The first-order chi connectivity index (χ1) is 10.6. The van der Waals surface area contributed by atoms with Gasteiger partial charge in [-0.25, -0.2) is 0 Å². The van der Waals surface area contributed by atoms with E-state index in [-0.39, 0.29) is 18.1 Å².